The van der Waals surface area contributed by atoms with E-state index in [-0.39, 0.29) is 4.83 Å². The summed E-state index contributed by atoms with van der Waals surface area (Å²) in [4.78, 5) is 0.185. The first-order valence-corrected chi connectivity index (χ1v) is 8.35. The van der Waals surface area contributed by atoms with Crippen LogP contribution in [0, 0.1) is 0 Å². The topological polar surface area (TPSA) is 0 Å². The van der Waals surface area contributed by atoms with Gasteiger partial charge in [0.2, 0.25) is 0 Å². The van der Waals surface area contributed by atoms with E-state index in [4.69, 9.17) is 0 Å². The molecule has 4 aromatic rings. The maximum absolute atomic E-state index is 3.94. The van der Waals surface area contributed by atoms with Crippen LogP contribution in [-0.2, 0) is 0 Å². The number of alkyl halides is 1. The van der Waals surface area contributed by atoms with E-state index < -0.39 is 0 Å². The summed E-state index contributed by atoms with van der Waals surface area (Å²) in [5.41, 5.74) is 2.63. The molecule has 106 valence electrons. The SMILES string of the molecule is BrC(c1cccc2ccccc12)c1cccc2ccccc12. The quantitative estimate of drug-likeness (QED) is 0.364. The van der Waals surface area contributed by atoms with Gasteiger partial charge in [-0.3, -0.25) is 0 Å². The van der Waals surface area contributed by atoms with Crippen molar-refractivity contribution < 1.29 is 0 Å². The molecule has 0 radical (unpaired) electrons. The Balaban J connectivity index is 1.94. The van der Waals surface area contributed by atoms with Crippen LogP contribution in [0.25, 0.3) is 21.5 Å². The summed E-state index contributed by atoms with van der Waals surface area (Å²) in [5, 5.41) is 5.17. The first-order valence-electron chi connectivity index (χ1n) is 7.44. The summed E-state index contributed by atoms with van der Waals surface area (Å²) < 4.78 is 0. The van der Waals surface area contributed by atoms with E-state index in [1.54, 1.807) is 0 Å². The molecule has 0 unspecified atom stereocenters. The Morgan fingerprint density at radius 1 is 0.500 bits per heavy atom. The molecule has 0 amide bonds. The van der Waals surface area contributed by atoms with Gasteiger partial charge in [0.1, 0.15) is 0 Å². The lowest BCUT2D eigenvalue weighted by Gasteiger charge is -2.16. The maximum Gasteiger partial charge on any atom is 0.0656 e. The Bertz CT molecular complexity index is 866. The molecule has 0 aromatic heterocycles. The number of fused-ring (bicyclic) bond motifs is 2. The van der Waals surface area contributed by atoms with Crippen LogP contribution < -0.4 is 0 Å². The van der Waals surface area contributed by atoms with Crippen LogP contribution in [0.1, 0.15) is 16.0 Å². The van der Waals surface area contributed by atoms with E-state index in [9.17, 15) is 0 Å². The van der Waals surface area contributed by atoms with Crippen LogP contribution in [-0.4, -0.2) is 0 Å². The maximum atomic E-state index is 3.94. The van der Waals surface area contributed by atoms with E-state index in [1.165, 1.54) is 32.7 Å². The van der Waals surface area contributed by atoms with Crippen LogP contribution in [0.5, 0.6) is 0 Å². The minimum atomic E-state index is 0.185. The number of benzene rings is 4. The molecule has 0 aliphatic carbocycles. The van der Waals surface area contributed by atoms with Crippen molar-refractivity contribution in [2.75, 3.05) is 0 Å². The second-order valence-corrected chi connectivity index (χ2v) is 6.41. The zero-order valence-electron chi connectivity index (χ0n) is 12.0. The zero-order chi connectivity index (χ0) is 14.9. The molecule has 0 fully saturated rings. The fraction of sp³-hybridized carbons (Fsp3) is 0.0476. The monoisotopic (exact) mass is 346 g/mol. The van der Waals surface area contributed by atoms with Crippen molar-refractivity contribution in [2.24, 2.45) is 0 Å². The Morgan fingerprint density at radius 2 is 0.909 bits per heavy atom. The highest BCUT2D eigenvalue weighted by molar-refractivity contribution is 9.09. The van der Waals surface area contributed by atoms with Crippen LogP contribution in [0.4, 0.5) is 0 Å². The molecule has 0 atom stereocenters. The van der Waals surface area contributed by atoms with Crippen molar-refractivity contribution >= 4 is 37.5 Å². The molecule has 4 aromatic carbocycles. The van der Waals surface area contributed by atoms with Crippen molar-refractivity contribution in [2.45, 2.75) is 4.83 Å². The lowest BCUT2D eigenvalue weighted by Crippen LogP contribution is -1.95. The highest BCUT2D eigenvalue weighted by atomic mass is 79.9. The van der Waals surface area contributed by atoms with Crippen LogP contribution in [0.2, 0.25) is 0 Å². The molecule has 0 N–H and O–H groups in total. The lowest BCUT2D eigenvalue weighted by molar-refractivity contribution is 1.22. The zero-order valence-corrected chi connectivity index (χ0v) is 13.6. The van der Waals surface area contributed by atoms with E-state index in [1.807, 2.05) is 0 Å². The molecule has 4 rings (SSSR count). The fourth-order valence-corrected chi connectivity index (χ4v) is 3.91. The Labute approximate surface area is 138 Å². The third-order valence-corrected chi connectivity index (χ3v) is 5.18. The van der Waals surface area contributed by atoms with Gasteiger partial charge in [-0.25, -0.2) is 0 Å². The molecule has 22 heavy (non-hydrogen) atoms. The van der Waals surface area contributed by atoms with E-state index in [2.05, 4.69) is 101 Å². The van der Waals surface area contributed by atoms with Crippen LogP contribution in [0.3, 0.4) is 0 Å². The van der Waals surface area contributed by atoms with Gasteiger partial charge in [0.15, 0.2) is 0 Å². The van der Waals surface area contributed by atoms with Crippen molar-refractivity contribution in [3.63, 3.8) is 0 Å². The second kappa shape index (κ2) is 5.58. The highest BCUT2D eigenvalue weighted by Gasteiger charge is 2.15. The van der Waals surface area contributed by atoms with Gasteiger partial charge in [0.05, 0.1) is 4.83 Å². The summed E-state index contributed by atoms with van der Waals surface area (Å²) >= 11 is 3.94. The summed E-state index contributed by atoms with van der Waals surface area (Å²) in [5.74, 6) is 0. The average Bonchev–Trinajstić information content (AvgIpc) is 2.60. The Morgan fingerprint density at radius 3 is 1.41 bits per heavy atom. The van der Waals surface area contributed by atoms with E-state index in [0.29, 0.717) is 0 Å². The number of halogens is 1. The van der Waals surface area contributed by atoms with Gasteiger partial charge in [0.25, 0.3) is 0 Å². The third kappa shape index (κ3) is 2.22. The summed E-state index contributed by atoms with van der Waals surface area (Å²) in [6.07, 6.45) is 0. The first kappa shape index (κ1) is 13.5. The van der Waals surface area contributed by atoms with Gasteiger partial charge in [-0.1, -0.05) is 101 Å². The van der Waals surface area contributed by atoms with Crippen LogP contribution in [0.15, 0.2) is 84.9 Å². The summed E-state index contributed by atoms with van der Waals surface area (Å²) in [6, 6.07) is 30.2. The molecule has 0 nitrogen and oxygen atoms in total. The Kier molecular flexibility index (Phi) is 3.44. The van der Waals surface area contributed by atoms with Gasteiger partial charge in [0, 0.05) is 0 Å². The molecule has 0 bridgehead atoms. The van der Waals surface area contributed by atoms with Crippen LogP contribution >= 0.6 is 15.9 Å². The summed E-state index contributed by atoms with van der Waals surface area (Å²) in [6.45, 7) is 0. The predicted molar refractivity (Wildman–Crippen MR) is 98.7 cm³/mol. The largest absolute Gasteiger partial charge is 0.0786 e. The molecule has 0 heterocycles. The molecular weight excluding hydrogens is 332 g/mol. The van der Waals surface area contributed by atoms with Gasteiger partial charge in [-0.05, 0) is 32.7 Å². The molecule has 0 saturated carbocycles. The molecule has 0 saturated heterocycles. The van der Waals surface area contributed by atoms with Crippen molar-refractivity contribution in [3.05, 3.63) is 96.1 Å². The van der Waals surface area contributed by atoms with E-state index >= 15 is 0 Å². The Hall–Kier alpha value is -2.12. The van der Waals surface area contributed by atoms with Crippen molar-refractivity contribution in [1.82, 2.24) is 0 Å². The average molecular weight is 347 g/mol. The van der Waals surface area contributed by atoms with Gasteiger partial charge < -0.3 is 0 Å². The fourth-order valence-electron chi connectivity index (χ4n) is 3.11. The number of rotatable bonds is 2. The molecule has 0 aliphatic rings. The smallest absolute Gasteiger partial charge is 0.0656 e. The van der Waals surface area contributed by atoms with Gasteiger partial charge in [-0.15, -0.1) is 0 Å². The number of hydrogen-bond acceptors (Lipinski definition) is 0. The predicted octanol–water partition coefficient (Wildman–Crippen LogP) is 6.48. The number of hydrogen-bond donors (Lipinski definition) is 0. The highest BCUT2D eigenvalue weighted by Crippen LogP contribution is 2.38. The molecule has 0 spiro atoms. The standard InChI is InChI=1S/C21H15Br/c22-21(19-13-5-9-15-7-1-3-11-17(15)19)20-14-6-10-16-8-2-4-12-18(16)20/h1-14,21H. The third-order valence-electron chi connectivity index (χ3n) is 4.19. The van der Waals surface area contributed by atoms with Gasteiger partial charge >= 0.3 is 0 Å². The first-order chi connectivity index (χ1) is 10.8. The lowest BCUT2D eigenvalue weighted by atomic mass is 9.95. The molecule has 0 aliphatic heterocycles. The second-order valence-electron chi connectivity index (χ2n) is 5.50. The molecular formula is C21H15Br. The molecule has 1 heteroatoms. The minimum Gasteiger partial charge on any atom is -0.0786 e. The normalized spacial score (nSPS) is 11.4. The van der Waals surface area contributed by atoms with Gasteiger partial charge in [-0.2, -0.15) is 0 Å². The minimum absolute atomic E-state index is 0.185. The van der Waals surface area contributed by atoms with Crippen molar-refractivity contribution in [1.29, 1.82) is 0 Å². The van der Waals surface area contributed by atoms with E-state index in [0.717, 1.165) is 0 Å². The summed E-state index contributed by atoms with van der Waals surface area (Å²) in [7, 11) is 0. The van der Waals surface area contributed by atoms with Crippen molar-refractivity contribution in [3.8, 4) is 0 Å².